The molecule has 3 rings (SSSR count). The van der Waals surface area contributed by atoms with Crippen LogP contribution >= 0.6 is 47.1 Å². The Morgan fingerprint density at radius 2 is 2.17 bits per heavy atom. The van der Waals surface area contributed by atoms with Crippen molar-refractivity contribution in [2.45, 2.75) is 37.0 Å². The number of hydrogen-bond donors (Lipinski definition) is 2. The Morgan fingerprint density at radius 1 is 1.33 bits per heavy atom. The lowest BCUT2D eigenvalue weighted by Crippen LogP contribution is -2.44. The molecule has 0 saturated carbocycles. The van der Waals surface area contributed by atoms with Gasteiger partial charge in [-0.05, 0) is 56.0 Å². The number of nitrogens with zero attached hydrogens (tertiary/aromatic N) is 2. The molecule has 0 spiro atoms. The van der Waals surface area contributed by atoms with Gasteiger partial charge in [-0.25, -0.2) is 0 Å². The van der Waals surface area contributed by atoms with E-state index in [1.165, 1.54) is 49.4 Å². The molecule has 0 radical (unpaired) electrons. The fourth-order valence-electron chi connectivity index (χ4n) is 3.37. The molecule has 2 saturated heterocycles. The lowest BCUT2D eigenvalue weighted by molar-refractivity contribution is 0.249. The number of nitrogens with one attached hydrogen (secondary N) is 2. The lowest BCUT2D eigenvalue weighted by Gasteiger charge is -2.27. The number of thiophene rings is 1. The largest absolute Gasteiger partial charge is 0.355 e. The van der Waals surface area contributed by atoms with Crippen LogP contribution in [-0.2, 0) is 0 Å². The number of rotatable bonds is 6. The lowest BCUT2D eigenvalue weighted by atomic mass is 10.2. The van der Waals surface area contributed by atoms with Crippen LogP contribution in [0.2, 0.25) is 0 Å². The minimum absolute atomic E-state index is 0. The first-order valence-electron chi connectivity index (χ1n) is 8.70. The van der Waals surface area contributed by atoms with Crippen LogP contribution in [0.15, 0.2) is 22.5 Å². The Hall–Kier alpha value is 0.01000. The van der Waals surface area contributed by atoms with E-state index in [-0.39, 0.29) is 24.0 Å². The van der Waals surface area contributed by atoms with E-state index in [4.69, 9.17) is 0 Å². The third-order valence-electron chi connectivity index (χ3n) is 4.66. The first-order valence-corrected chi connectivity index (χ1v) is 10.6. The molecule has 4 nitrogen and oxygen atoms in total. The van der Waals surface area contributed by atoms with Crippen LogP contribution < -0.4 is 10.6 Å². The molecule has 24 heavy (non-hydrogen) atoms. The van der Waals surface area contributed by atoms with E-state index in [0.717, 1.165) is 24.3 Å². The fourth-order valence-corrected chi connectivity index (χ4v) is 5.44. The van der Waals surface area contributed by atoms with Gasteiger partial charge >= 0.3 is 0 Å². The second-order valence-electron chi connectivity index (χ2n) is 6.24. The number of likely N-dealkylation sites (tertiary alicyclic amines) is 1. The molecule has 1 aromatic heterocycles. The van der Waals surface area contributed by atoms with Gasteiger partial charge in [0.2, 0.25) is 0 Å². The molecule has 3 heterocycles. The normalized spacial score (nSPS) is 23.0. The molecule has 2 aliphatic heterocycles. The van der Waals surface area contributed by atoms with Crippen molar-refractivity contribution < 1.29 is 0 Å². The molecular weight excluding hydrogens is 451 g/mol. The van der Waals surface area contributed by atoms with Gasteiger partial charge in [0.15, 0.2) is 5.96 Å². The molecule has 0 aliphatic carbocycles. The summed E-state index contributed by atoms with van der Waals surface area (Å²) in [6.07, 6.45) is 5.35. The van der Waals surface area contributed by atoms with Crippen molar-refractivity contribution >= 4 is 53.0 Å². The van der Waals surface area contributed by atoms with E-state index in [1.807, 2.05) is 18.4 Å². The summed E-state index contributed by atoms with van der Waals surface area (Å²) < 4.78 is 0. The van der Waals surface area contributed by atoms with Gasteiger partial charge in [-0.3, -0.25) is 9.89 Å². The summed E-state index contributed by atoms with van der Waals surface area (Å²) in [5, 5.41) is 9.99. The number of thioether (sulfide) groups is 1. The Balaban J connectivity index is 0.00000208. The number of guanidine groups is 1. The molecule has 7 heteroatoms. The van der Waals surface area contributed by atoms with E-state index >= 15 is 0 Å². The fraction of sp³-hybridized carbons (Fsp3) is 0.706. The Labute approximate surface area is 171 Å². The second kappa shape index (κ2) is 10.9. The molecule has 2 unspecified atom stereocenters. The maximum Gasteiger partial charge on any atom is 0.191 e. The maximum atomic E-state index is 4.40. The number of halogens is 1. The summed E-state index contributed by atoms with van der Waals surface area (Å²) in [5.41, 5.74) is 0. The maximum absolute atomic E-state index is 4.40. The minimum Gasteiger partial charge on any atom is -0.355 e. The van der Waals surface area contributed by atoms with Gasteiger partial charge in [0.05, 0.1) is 6.04 Å². The molecule has 2 atom stereocenters. The van der Waals surface area contributed by atoms with E-state index in [1.54, 1.807) is 0 Å². The van der Waals surface area contributed by atoms with Crippen LogP contribution in [0.5, 0.6) is 0 Å². The van der Waals surface area contributed by atoms with Crippen molar-refractivity contribution in [1.29, 1.82) is 0 Å². The first-order chi connectivity index (χ1) is 11.4. The average Bonchev–Trinajstić information content (AvgIpc) is 3.34. The van der Waals surface area contributed by atoms with Gasteiger partial charge in [-0.1, -0.05) is 6.07 Å². The molecule has 1 aromatic rings. The topological polar surface area (TPSA) is 39.7 Å². The van der Waals surface area contributed by atoms with Crippen molar-refractivity contribution in [2.24, 2.45) is 4.99 Å². The molecule has 136 valence electrons. The summed E-state index contributed by atoms with van der Waals surface area (Å²) in [7, 11) is 1.87. The Kier molecular flexibility index (Phi) is 9.21. The molecule has 0 amide bonds. The van der Waals surface area contributed by atoms with Gasteiger partial charge in [0.1, 0.15) is 0 Å². The van der Waals surface area contributed by atoms with Gasteiger partial charge in [-0.15, -0.1) is 35.3 Å². The first kappa shape index (κ1) is 20.3. The molecule has 2 aliphatic rings. The summed E-state index contributed by atoms with van der Waals surface area (Å²) >= 11 is 3.95. The molecule has 0 bridgehead atoms. The SMILES string of the molecule is CN=C(NCC1CCCS1)NCC(c1cccs1)N1CCCC1.I. The summed E-state index contributed by atoms with van der Waals surface area (Å²) in [6.45, 7) is 4.39. The Bertz CT molecular complexity index is 483. The van der Waals surface area contributed by atoms with Crippen molar-refractivity contribution in [1.82, 2.24) is 15.5 Å². The van der Waals surface area contributed by atoms with Crippen molar-refractivity contribution in [3.05, 3.63) is 22.4 Å². The second-order valence-corrected chi connectivity index (χ2v) is 8.63. The van der Waals surface area contributed by atoms with Crippen LogP contribution in [0.4, 0.5) is 0 Å². The molecule has 2 N–H and O–H groups in total. The van der Waals surface area contributed by atoms with Crippen LogP contribution in [-0.4, -0.2) is 55.1 Å². The highest BCUT2D eigenvalue weighted by Gasteiger charge is 2.24. The predicted octanol–water partition coefficient (Wildman–Crippen LogP) is 3.56. The van der Waals surface area contributed by atoms with Crippen LogP contribution in [0, 0.1) is 0 Å². The third kappa shape index (κ3) is 5.78. The average molecular weight is 480 g/mol. The highest BCUT2D eigenvalue weighted by Crippen LogP contribution is 2.28. The zero-order valence-corrected chi connectivity index (χ0v) is 18.3. The molecule has 2 fully saturated rings. The predicted molar refractivity (Wildman–Crippen MR) is 118 cm³/mol. The van der Waals surface area contributed by atoms with Gasteiger partial charge in [0, 0.05) is 30.3 Å². The van der Waals surface area contributed by atoms with Crippen molar-refractivity contribution in [3.63, 3.8) is 0 Å². The standard InChI is InChI=1S/C17H28N4S2.HI/c1-18-17(19-12-14-6-4-10-22-14)20-13-15(16-7-5-11-23-16)21-8-2-3-9-21;/h5,7,11,14-15H,2-4,6,8-10,12-13H2,1H3,(H2,18,19,20);1H. The quantitative estimate of drug-likeness (QED) is 0.371. The third-order valence-corrected chi connectivity index (χ3v) is 7.03. The monoisotopic (exact) mass is 480 g/mol. The van der Waals surface area contributed by atoms with Crippen LogP contribution in [0.1, 0.15) is 36.6 Å². The molecular formula is C17H29IN4S2. The minimum atomic E-state index is 0. The van der Waals surface area contributed by atoms with E-state index in [9.17, 15) is 0 Å². The van der Waals surface area contributed by atoms with Crippen LogP contribution in [0.25, 0.3) is 0 Å². The van der Waals surface area contributed by atoms with E-state index in [2.05, 4.69) is 49.8 Å². The van der Waals surface area contributed by atoms with E-state index in [0.29, 0.717) is 6.04 Å². The van der Waals surface area contributed by atoms with Gasteiger partial charge in [0.25, 0.3) is 0 Å². The van der Waals surface area contributed by atoms with Crippen molar-refractivity contribution in [3.8, 4) is 0 Å². The summed E-state index contributed by atoms with van der Waals surface area (Å²) in [6, 6.07) is 4.89. The van der Waals surface area contributed by atoms with Gasteiger partial charge < -0.3 is 10.6 Å². The van der Waals surface area contributed by atoms with Crippen LogP contribution in [0.3, 0.4) is 0 Å². The number of hydrogen-bond acceptors (Lipinski definition) is 4. The zero-order valence-electron chi connectivity index (χ0n) is 14.4. The van der Waals surface area contributed by atoms with E-state index < -0.39 is 0 Å². The summed E-state index contributed by atoms with van der Waals surface area (Å²) in [4.78, 5) is 8.47. The Morgan fingerprint density at radius 3 is 2.79 bits per heavy atom. The molecule has 0 aromatic carbocycles. The highest BCUT2D eigenvalue weighted by molar-refractivity contribution is 14.0. The summed E-state index contributed by atoms with van der Waals surface area (Å²) in [5.74, 6) is 2.26. The van der Waals surface area contributed by atoms with Crippen molar-refractivity contribution in [2.75, 3.05) is 39.0 Å². The zero-order chi connectivity index (χ0) is 15.9. The highest BCUT2D eigenvalue weighted by atomic mass is 127. The van der Waals surface area contributed by atoms with Gasteiger partial charge in [-0.2, -0.15) is 11.8 Å². The number of aliphatic imine (C=N–C) groups is 1. The smallest absolute Gasteiger partial charge is 0.191 e.